The monoisotopic (exact) mass is 335 g/mol. The summed E-state index contributed by atoms with van der Waals surface area (Å²) < 4.78 is 5.17. The van der Waals surface area contributed by atoms with Gasteiger partial charge in [0.05, 0.1) is 6.26 Å². The van der Waals surface area contributed by atoms with Gasteiger partial charge in [-0.15, -0.1) is 0 Å². The zero-order chi connectivity index (χ0) is 17.6. The first-order valence-corrected chi connectivity index (χ1v) is 7.70. The predicted molar refractivity (Wildman–Crippen MR) is 96.9 cm³/mol. The fourth-order valence-corrected chi connectivity index (χ4v) is 2.28. The van der Waals surface area contributed by atoms with Crippen LogP contribution in [0.5, 0.6) is 0 Å². The molecular weight excluding hydrogens is 318 g/mol. The summed E-state index contributed by atoms with van der Waals surface area (Å²) in [6, 6.07) is 17.4. The lowest BCUT2D eigenvalue weighted by Gasteiger charge is -2.09. The van der Waals surface area contributed by atoms with Crippen LogP contribution in [0.3, 0.4) is 0 Å². The molecule has 3 amide bonds. The van der Waals surface area contributed by atoms with Gasteiger partial charge < -0.3 is 20.4 Å². The van der Waals surface area contributed by atoms with E-state index in [1.54, 1.807) is 49.4 Å². The second-order valence-corrected chi connectivity index (χ2v) is 5.41. The van der Waals surface area contributed by atoms with E-state index in [4.69, 9.17) is 4.42 Å². The number of carbonyl (C=O) groups is 2. The lowest BCUT2D eigenvalue weighted by Crippen LogP contribution is -2.19. The largest absolute Gasteiger partial charge is 0.459 e. The van der Waals surface area contributed by atoms with E-state index in [1.807, 2.05) is 18.2 Å². The van der Waals surface area contributed by atoms with Crippen LogP contribution in [0.2, 0.25) is 0 Å². The maximum absolute atomic E-state index is 12.2. The summed E-state index contributed by atoms with van der Waals surface area (Å²) in [5.74, 6) is -0.0754. The van der Waals surface area contributed by atoms with E-state index < -0.39 is 0 Å². The van der Waals surface area contributed by atoms with Gasteiger partial charge in [0, 0.05) is 22.6 Å². The van der Waals surface area contributed by atoms with Crippen LogP contribution in [-0.2, 0) is 0 Å². The molecule has 1 aromatic heterocycles. The molecule has 25 heavy (non-hydrogen) atoms. The van der Waals surface area contributed by atoms with Crippen molar-refractivity contribution in [2.75, 3.05) is 16.0 Å². The molecule has 3 aromatic rings. The lowest BCUT2D eigenvalue weighted by molar-refractivity contribution is 0.0996. The number of urea groups is 1. The minimum Gasteiger partial charge on any atom is -0.459 e. The molecule has 0 aliphatic carbocycles. The van der Waals surface area contributed by atoms with Gasteiger partial charge in [0.25, 0.3) is 5.91 Å². The Balaban J connectivity index is 1.64. The second-order valence-electron chi connectivity index (χ2n) is 5.41. The van der Waals surface area contributed by atoms with Gasteiger partial charge in [-0.2, -0.15) is 0 Å². The number of benzene rings is 2. The van der Waals surface area contributed by atoms with Gasteiger partial charge in [0.2, 0.25) is 0 Å². The molecule has 6 nitrogen and oxygen atoms in total. The minimum atomic E-state index is -0.364. The first-order chi connectivity index (χ1) is 12.1. The lowest BCUT2D eigenvalue weighted by atomic mass is 10.2. The van der Waals surface area contributed by atoms with Crippen molar-refractivity contribution in [2.45, 2.75) is 6.92 Å². The maximum atomic E-state index is 12.2. The van der Waals surface area contributed by atoms with Crippen molar-refractivity contribution < 1.29 is 14.0 Å². The van der Waals surface area contributed by atoms with E-state index in [0.29, 0.717) is 17.1 Å². The summed E-state index contributed by atoms with van der Waals surface area (Å²) in [5.41, 5.74) is 2.56. The maximum Gasteiger partial charge on any atom is 0.323 e. The van der Waals surface area contributed by atoms with Crippen LogP contribution in [0.15, 0.2) is 71.3 Å². The van der Waals surface area contributed by atoms with Crippen LogP contribution in [0.1, 0.15) is 16.1 Å². The molecule has 126 valence electrons. The van der Waals surface area contributed by atoms with E-state index in [2.05, 4.69) is 16.0 Å². The molecule has 0 bridgehead atoms. The summed E-state index contributed by atoms with van der Waals surface area (Å²) in [6.07, 6.45) is 1.47. The van der Waals surface area contributed by atoms with Crippen LogP contribution in [0.4, 0.5) is 21.9 Å². The third kappa shape index (κ3) is 4.26. The highest BCUT2D eigenvalue weighted by Crippen LogP contribution is 2.18. The van der Waals surface area contributed by atoms with Crippen molar-refractivity contribution in [1.29, 1.82) is 0 Å². The summed E-state index contributed by atoms with van der Waals surface area (Å²) in [7, 11) is 0. The molecule has 0 radical (unpaired) electrons. The van der Waals surface area contributed by atoms with Crippen LogP contribution in [0.25, 0.3) is 0 Å². The van der Waals surface area contributed by atoms with E-state index >= 15 is 0 Å². The summed E-state index contributed by atoms with van der Waals surface area (Å²) in [5, 5.41) is 8.20. The summed E-state index contributed by atoms with van der Waals surface area (Å²) in [4.78, 5) is 24.2. The molecule has 0 fully saturated rings. The molecule has 2 aromatic carbocycles. The SMILES string of the molecule is Cc1ccoc1C(=O)Nc1cccc(NC(=O)Nc2ccccc2)c1. The van der Waals surface area contributed by atoms with Crippen molar-refractivity contribution in [2.24, 2.45) is 0 Å². The Bertz CT molecular complexity index is 888. The van der Waals surface area contributed by atoms with Crippen molar-refractivity contribution in [1.82, 2.24) is 0 Å². The number of nitrogens with one attached hydrogen (secondary N) is 3. The molecule has 0 saturated heterocycles. The Labute approximate surface area is 144 Å². The molecule has 3 rings (SSSR count). The van der Waals surface area contributed by atoms with E-state index in [0.717, 1.165) is 5.56 Å². The molecule has 0 saturated carbocycles. The Morgan fingerprint density at radius 1 is 0.800 bits per heavy atom. The highest BCUT2D eigenvalue weighted by molar-refractivity contribution is 6.04. The Morgan fingerprint density at radius 3 is 2.12 bits per heavy atom. The van der Waals surface area contributed by atoms with Gasteiger partial charge in [0.15, 0.2) is 5.76 Å². The third-order valence-corrected chi connectivity index (χ3v) is 3.48. The first-order valence-electron chi connectivity index (χ1n) is 7.70. The van der Waals surface area contributed by atoms with Crippen LogP contribution in [0, 0.1) is 6.92 Å². The van der Waals surface area contributed by atoms with Crippen LogP contribution < -0.4 is 16.0 Å². The number of carbonyl (C=O) groups excluding carboxylic acids is 2. The van der Waals surface area contributed by atoms with Gasteiger partial charge >= 0.3 is 6.03 Å². The second kappa shape index (κ2) is 7.35. The molecule has 6 heteroatoms. The smallest absolute Gasteiger partial charge is 0.323 e. The molecule has 0 aliphatic rings. The molecule has 3 N–H and O–H groups in total. The van der Waals surface area contributed by atoms with Crippen LogP contribution >= 0.6 is 0 Å². The van der Waals surface area contributed by atoms with E-state index in [1.165, 1.54) is 6.26 Å². The molecule has 1 heterocycles. The van der Waals surface area contributed by atoms with Gasteiger partial charge in [-0.1, -0.05) is 24.3 Å². The minimum absolute atomic E-state index is 0.264. The standard InChI is InChI=1S/C19H17N3O3/c1-13-10-11-25-17(13)18(23)20-15-8-5-9-16(12-15)22-19(24)21-14-6-3-2-4-7-14/h2-12H,1H3,(H,20,23)(H2,21,22,24). The average Bonchev–Trinajstić information content (AvgIpc) is 3.02. The zero-order valence-electron chi connectivity index (χ0n) is 13.6. The van der Waals surface area contributed by atoms with Gasteiger partial charge in [-0.05, 0) is 43.3 Å². The number of aryl methyl sites for hydroxylation is 1. The van der Waals surface area contributed by atoms with E-state index in [-0.39, 0.29) is 17.7 Å². The highest BCUT2D eigenvalue weighted by Gasteiger charge is 2.13. The predicted octanol–water partition coefficient (Wildman–Crippen LogP) is 4.48. The van der Waals surface area contributed by atoms with Crippen molar-refractivity contribution in [3.63, 3.8) is 0 Å². The first kappa shape index (κ1) is 16.3. The molecule has 0 spiro atoms. The van der Waals surface area contributed by atoms with Gasteiger partial charge in [-0.25, -0.2) is 4.79 Å². The third-order valence-electron chi connectivity index (χ3n) is 3.48. The van der Waals surface area contributed by atoms with Crippen molar-refractivity contribution in [3.05, 3.63) is 78.3 Å². The molecular formula is C19H17N3O3. The molecule has 0 unspecified atom stereocenters. The highest BCUT2D eigenvalue weighted by atomic mass is 16.3. The summed E-state index contributed by atoms with van der Waals surface area (Å²) >= 11 is 0. The number of hydrogen-bond donors (Lipinski definition) is 3. The number of anilines is 3. The quantitative estimate of drug-likeness (QED) is 0.657. The number of amides is 3. The van der Waals surface area contributed by atoms with E-state index in [9.17, 15) is 9.59 Å². The average molecular weight is 335 g/mol. The Hall–Kier alpha value is -3.54. The Kier molecular flexibility index (Phi) is 4.80. The Morgan fingerprint density at radius 2 is 1.44 bits per heavy atom. The number of para-hydroxylation sites is 1. The van der Waals surface area contributed by atoms with Gasteiger partial charge in [-0.3, -0.25) is 4.79 Å². The summed E-state index contributed by atoms with van der Waals surface area (Å²) in [6.45, 7) is 1.80. The molecule has 0 aliphatic heterocycles. The number of rotatable bonds is 4. The number of hydrogen-bond acceptors (Lipinski definition) is 3. The van der Waals surface area contributed by atoms with Crippen molar-refractivity contribution in [3.8, 4) is 0 Å². The fraction of sp³-hybridized carbons (Fsp3) is 0.0526. The fourth-order valence-electron chi connectivity index (χ4n) is 2.28. The van der Waals surface area contributed by atoms with Crippen molar-refractivity contribution >= 4 is 29.0 Å². The molecule has 0 atom stereocenters. The van der Waals surface area contributed by atoms with Crippen LogP contribution in [-0.4, -0.2) is 11.9 Å². The number of furan rings is 1. The normalized spacial score (nSPS) is 10.1. The zero-order valence-corrected chi connectivity index (χ0v) is 13.6. The topological polar surface area (TPSA) is 83.4 Å². The van der Waals surface area contributed by atoms with Gasteiger partial charge in [0.1, 0.15) is 0 Å².